The normalized spacial score (nSPS) is 16.2. The third kappa shape index (κ3) is 5.15. The van der Waals surface area contributed by atoms with Crippen LogP contribution in [0.15, 0.2) is 71.9 Å². The van der Waals surface area contributed by atoms with E-state index in [1.54, 1.807) is 30.5 Å². The molecule has 1 fully saturated rings. The van der Waals surface area contributed by atoms with E-state index in [9.17, 15) is 13.2 Å². The summed E-state index contributed by atoms with van der Waals surface area (Å²) in [5.41, 5.74) is 0.945. The van der Waals surface area contributed by atoms with E-state index in [0.29, 0.717) is 38.3 Å². The minimum Gasteiger partial charge on any atom is -0.494 e. The van der Waals surface area contributed by atoms with Crippen molar-refractivity contribution in [3.8, 4) is 5.75 Å². The lowest BCUT2D eigenvalue weighted by molar-refractivity contribution is -0.126. The number of piperidine rings is 1. The van der Waals surface area contributed by atoms with Crippen LogP contribution >= 0.6 is 0 Å². The number of sulfonamides is 1. The Balaban J connectivity index is 1.42. The van der Waals surface area contributed by atoms with Crippen LogP contribution in [-0.4, -0.2) is 47.9 Å². The molecule has 8 nitrogen and oxygen atoms in total. The molecule has 34 heavy (non-hydrogen) atoms. The fraction of sp³-hybridized carbons (Fsp3) is 0.360. The second-order valence-corrected chi connectivity index (χ2v) is 10.3. The molecule has 0 spiro atoms. The number of ether oxygens (including phenoxy) is 1. The van der Waals surface area contributed by atoms with Crippen molar-refractivity contribution in [1.82, 2.24) is 19.2 Å². The van der Waals surface area contributed by atoms with Gasteiger partial charge in [-0.25, -0.2) is 13.4 Å². The van der Waals surface area contributed by atoms with Gasteiger partial charge in [0.1, 0.15) is 17.6 Å². The van der Waals surface area contributed by atoms with Gasteiger partial charge in [-0.1, -0.05) is 30.3 Å². The number of aromatic nitrogens is 2. The third-order valence-electron chi connectivity index (χ3n) is 6.13. The van der Waals surface area contributed by atoms with Crippen LogP contribution < -0.4 is 10.1 Å². The van der Waals surface area contributed by atoms with Gasteiger partial charge in [-0.05, 0) is 49.6 Å². The molecule has 9 heteroatoms. The van der Waals surface area contributed by atoms with Gasteiger partial charge in [-0.15, -0.1) is 0 Å². The molecule has 0 bridgehead atoms. The van der Waals surface area contributed by atoms with E-state index in [1.165, 1.54) is 4.31 Å². The number of carbonyl (C=O) groups is 1. The van der Waals surface area contributed by atoms with Gasteiger partial charge in [0.15, 0.2) is 0 Å². The van der Waals surface area contributed by atoms with E-state index in [0.717, 1.165) is 11.4 Å². The fourth-order valence-electron chi connectivity index (χ4n) is 4.24. The predicted molar refractivity (Wildman–Crippen MR) is 129 cm³/mol. The number of rotatable bonds is 8. The van der Waals surface area contributed by atoms with Gasteiger partial charge in [0.2, 0.25) is 15.9 Å². The molecule has 0 radical (unpaired) electrons. The Morgan fingerprint density at radius 2 is 1.79 bits per heavy atom. The summed E-state index contributed by atoms with van der Waals surface area (Å²) in [5.74, 6) is 1.03. The largest absolute Gasteiger partial charge is 0.494 e. The van der Waals surface area contributed by atoms with Crippen molar-refractivity contribution in [2.45, 2.75) is 30.7 Å². The Labute approximate surface area is 200 Å². The molecule has 1 atom stereocenters. The fourth-order valence-corrected chi connectivity index (χ4v) is 5.71. The number of carbonyl (C=O) groups excluding carboxylic acids is 1. The highest BCUT2D eigenvalue weighted by atomic mass is 32.2. The SMILES string of the molecule is CCOc1ccc(S(=O)(=O)N2CCC(C(=O)NC(c3ccccc3)c3nccn3C)CC2)cc1. The lowest BCUT2D eigenvalue weighted by Gasteiger charge is -2.31. The highest BCUT2D eigenvalue weighted by Crippen LogP contribution is 2.27. The number of imidazole rings is 1. The van der Waals surface area contributed by atoms with E-state index >= 15 is 0 Å². The highest BCUT2D eigenvalue weighted by molar-refractivity contribution is 7.89. The van der Waals surface area contributed by atoms with Crippen molar-refractivity contribution in [2.24, 2.45) is 13.0 Å². The maximum Gasteiger partial charge on any atom is 0.243 e. The smallest absolute Gasteiger partial charge is 0.243 e. The van der Waals surface area contributed by atoms with Gasteiger partial charge in [0.05, 0.1) is 11.5 Å². The molecule has 180 valence electrons. The zero-order chi connectivity index (χ0) is 24.1. The van der Waals surface area contributed by atoms with Crippen LogP contribution in [-0.2, 0) is 21.9 Å². The minimum absolute atomic E-state index is 0.0880. The molecule has 1 saturated heterocycles. The number of aryl methyl sites for hydroxylation is 1. The molecular formula is C25H30N4O4S. The summed E-state index contributed by atoms with van der Waals surface area (Å²) in [7, 11) is -1.72. The van der Waals surface area contributed by atoms with Gasteiger partial charge in [-0.2, -0.15) is 4.31 Å². The first kappa shape index (κ1) is 24.0. The lowest BCUT2D eigenvalue weighted by atomic mass is 9.96. The standard InChI is InChI=1S/C25H30N4O4S/c1-3-33-21-9-11-22(12-10-21)34(31,32)29-16-13-20(14-17-29)25(30)27-23(19-7-5-4-6-8-19)24-26-15-18-28(24)2/h4-12,15,18,20,23H,3,13-14,16-17H2,1-2H3,(H,27,30). The summed E-state index contributed by atoms with van der Waals surface area (Å²) >= 11 is 0. The van der Waals surface area contributed by atoms with E-state index in [-0.39, 0.29) is 22.8 Å². The number of nitrogens with one attached hydrogen (secondary N) is 1. The summed E-state index contributed by atoms with van der Waals surface area (Å²) in [4.78, 5) is 17.9. The van der Waals surface area contributed by atoms with Gasteiger partial charge in [0.25, 0.3) is 0 Å². The summed E-state index contributed by atoms with van der Waals surface area (Å²) in [5, 5.41) is 3.15. The molecule has 0 saturated carbocycles. The Morgan fingerprint density at radius 3 is 2.38 bits per heavy atom. The molecule has 0 aliphatic carbocycles. The van der Waals surface area contributed by atoms with Gasteiger partial charge in [-0.3, -0.25) is 4.79 Å². The minimum atomic E-state index is -3.62. The van der Waals surface area contributed by atoms with E-state index < -0.39 is 10.0 Å². The first-order valence-corrected chi connectivity index (χ1v) is 12.9. The van der Waals surface area contributed by atoms with Crippen LogP contribution in [0.1, 0.15) is 37.2 Å². The van der Waals surface area contributed by atoms with Crippen molar-refractivity contribution in [2.75, 3.05) is 19.7 Å². The second-order valence-electron chi connectivity index (χ2n) is 8.33. The van der Waals surface area contributed by atoms with Crippen LogP contribution in [0.2, 0.25) is 0 Å². The molecular weight excluding hydrogens is 452 g/mol. The second kappa shape index (κ2) is 10.4. The first-order valence-electron chi connectivity index (χ1n) is 11.5. The lowest BCUT2D eigenvalue weighted by Crippen LogP contribution is -2.44. The van der Waals surface area contributed by atoms with Crippen molar-refractivity contribution in [3.05, 3.63) is 78.4 Å². The highest BCUT2D eigenvalue weighted by Gasteiger charge is 2.33. The molecule has 1 aliphatic heterocycles. The number of hydrogen-bond acceptors (Lipinski definition) is 5. The quantitative estimate of drug-likeness (QED) is 0.533. The maximum absolute atomic E-state index is 13.2. The molecule has 1 aliphatic rings. The van der Waals surface area contributed by atoms with E-state index in [1.807, 2.05) is 55.1 Å². The molecule has 3 aromatic rings. The number of nitrogens with zero attached hydrogens (tertiary/aromatic N) is 3. The van der Waals surface area contributed by atoms with Crippen molar-refractivity contribution < 1.29 is 17.9 Å². The Bertz CT molecular complexity index is 1200. The maximum atomic E-state index is 13.2. The average molecular weight is 483 g/mol. The topological polar surface area (TPSA) is 93.5 Å². The van der Waals surface area contributed by atoms with Crippen LogP contribution in [0, 0.1) is 5.92 Å². The Kier molecular flexibility index (Phi) is 7.33. The van der Waals surface area contributed by atoms with Gasteiger partial charge in [0, 0.05) is 38.4 Å². The van der Waals surface area contributed by atoms with Crippen LogP contribution in [0.4, 0.5) is 0 Å². The van der Waals surface area contributed by atoms with Crippen LogP contribution in [0.3, 0.4) is 0 Å². The summed E-state index contributed by atoms with van der Waals surface area (Å²) in [6, 6.07) is 15.8. The Hall–Kier alpha value is -3.17. The summed E-state index contributed by atoms with van der Waals surface area (Å²) in [6.45, 7) is 2.99. The Morgan fingerprint density at radius 1 is 1.12 bits per heavy atom. The molecule has 1 aromatic heterocycles. The first-order chi connectivity index (χ1) is 16.4. The third-order valence-corrected chi connectivity index (χ3v) is 8.05. The number of hydrogen-bond donors (Lipinski definition) is 1. The van der Waals surface area contributed by atoms with Crippen molar-refractivity contribution in [3.63, 3.8) is 0 Å². The van der Waals surface area contributed by atoms with Crippen molar-refractivity contribution in [1.29, 1.82) is 0 Å². The number of amides is 1. The zero-order valence-corrected chi connectivity index (χ0v) is 20.2. The van der Waals surface area contributed by atoms with Gasteiger partial charge < -0.3 is 14.6 Å². The van der Waals surface area contributed by atoms with Crippen molar-refractivity contribution >= 4 is 15.9 Å². The van der Waals surface area contributed by atoms with E-state index in [4.69, 9.17) is 4.74 Å². The molecule has 2 heterocycles. The summed E-state index contributed by atoms with van der Waals surface area (Å²) < 4.78 is 34.9. The van der Waals surface area contributed by atoms with Gasteiger partial charge >= 0.3 is 0 Å². The van der Waals surface area contributed by atoms with Crippen LogP contribution in [0.25, 0.3) is 0 Å². The molecule has 4 rings (SSSR count). The molecule has 2 aromatic carbocycles. The molecule has 1 unspecified atom stereocenters. The molecule has 1 amide bonds. The van der Waals surface area contributed by atoms with E-state index in [2.05, 4.69) is 10.3 Å². The average Bonchev–Trinajstić information content (AvgIpc) is 3.29. The number of benzene rings is 2. The monoisotopic (exact) mass is 482 g/mol. The summed E-state index contributed by atoms with van der Waals surface area (Å²) in [6.07, 6.45) is 4.48. The predicted octanol–water partition coefficient (Wildman–Crippen LogP) is 3.13. The molecule has 1 N–H and O–H groups in total. The van der Waals surface area contributed by atoms with Crippen LogP contribution in [0.5, 0.6) is 5.75 Å². The zero-order valence-electron chi connectivity index (χ0n) is 19.4.